The highest BCUT2D eigenvalue weighted by Crippen LogP contribution is 2.29. The van der Waals surface area contributed by atoms with Crippen molar-refractivity contribution < 1.29 is 9.59 Å². The summed E-state index contributed by atoms with van der Waals surface area (Å²) in [4.78, 5) is 45.1. The molecule has 2 aliphatic heterocycles. The number of rotatable bonds is 5. The predicted octanol–water partition coefficient (Wildman–Crippen LogP) is 3.04. The predicted molar refractivity (Wildman–Crippen MR) is 158 cm³/mol. The van der Waals surface area contributed by atoms with Crippen LogP contribution in [0.1, 0.15) is 24.1 Å². The summed E-state index contributed by atoms with van der Waals surface area (Å²) in [6, 6.07) is 11.4. The fraction of sp³-hybridized carbons (Fsp3) is 0.345. The summed E-state index contributed by atoms with van der Waals surface area (Å²) < 4.78 is 0. The van der Waals surface area contributed by atoms with Crippen LogP contribution < -0.4 is 20.9 Å². The van der Waals surface area contributed by atoms with Crippen LogP contribution in [-0.2, 0) is 4.79 Å². The average Bonchev–Trinajstić information content (AvgIpc) is 3.12. The molecule has 2 aromatic heterocycles. The molecule has 40 heavy (non-hydrogen) atoms. The SMILES string of the molecule is C[C@H]1NCN=C(C(=O)Nc2ccc(N3CCN(C)CC3)nc2)c2cc(-c3cncc(NC(=O)N(C)C)c3)ccc21. The monoisotopic (exact) mass is 541 g/mol. The fourth-order valence-corrected chi connectivity index (χ4v) is 4.74. The zero-order valence-electron chi connectivity index (χ0n) is 23.3. The lowest BCUT2D eigenvalue weighted by molar-refractivity contribution is -0.110. The van der Waals surface area contributed by atoms with Gasteiger partial charge in [-0.15, -0.1) is 0 Å². The van der Waals surface area contributed by atoms with E-state index in [0.717, 1.165) is 54.3 Å². The Bertz CT molecular complexity index is 1410. The number of likely N-dealkylation sites (N-methyl/N-ethyl adjacent to an activating group) is 1. The molecule has 1 atom stereocenters. The van der Waals surface area contributed by atoms with E-state index in [1.54, 1.807) is 32.7 Å². The molecule has 1 aromatic carbocycles. The number of pyridine rings is 2. The zero-order chi connectivity index (χ0) is 28.2. The van der Waals surface area contributed by atoms with Crippen molar-refractivity contribution in [2.75, 3.05) is 69.5 Å². The van der Waals surface area contributed by atoms with Gasteiger partial charge in [-0.1, -0.05) is 12.1 Å². The molecule has 0 spiro atoms. The minimum absolute atomic E-state index is 0.00600. The minimum atomic E-state index is -0.298. The third kappa shape index (κ3) is 6.11. The van der Waals surface area contributed by atoms with Crippen molar-refractivity contribution in [3.8, 4) is 11.1 Å². The Hall–Kier alpha value is -4.35. The van der Waals surface area contributed by atoms with Crippen molar-refractivity contribution >= 4 is 34.8 Å². The van der Waals surface area contributed by atoms with Gasteiger partial charge >= 0.3 is 6.03 Å². The molecule has 3 aromatic rings. The summed E-state index contributed by atoms with van der Waals surface area (Å²) in [7, 11) is 5.48. The van der Waals surface area contributed by atoms with Crippen LogP contribution in [0.2, 0.25) is 0 Å². The van der Waals surface area contributed by atoms with Crippen LogP contribution in [0, 0.1) is 0 Å². The van der Waals surface area contributed by atoms with E-state index in [2.05, 4.69) is 54.7 Å². The number of carbonyl (C=O) groups excluding carboxylic acids is 2. The third-order valence-electron chi connectivity index (χ3n) is 7.19. The lowest BCUT2D eigenvalue weighted by Crippen LogP contribution is -2.44. The van der Waals surface area contributed by atoms with E-state index in [9.17, 15) is 9.59 Å². The zero-order valence-corrected chi connectivity index (χ0v) is 23.3. The molecule has 11 nitrogen and oxygen atoms in total. The van der Waals surface area contributed by atoms with Crippen LogP contribution in [0.4, 0.5) is 22.0 Å². The van der Waals surface area contributed by atoms with Crippen LogP contribution in [0.3, 0.4) is 0 Å². The molecule has 0 radical (unpaired) electrons. The largest absolute Gasteiger partial charge is 0.354 e. The number of benzene rings is 1. The van der Waals surface area contributed by atoms with Gasteiger partial charge in [0.15, 0.2) is 0 Å². The van der Waals surface area contributed by atoms with Crippen molar-refractivity contribution in [1.29, 1.82) is 0 Å². The number of urea groups is 1. The van der Waals surface area contributed by atoms with Gasteiger partial charge in [-0.2, -0.15) is 0 Å². The van der Waals surface area contributed by atoms with Gasteiger partial charge in [0.1, 0.15) is 11.5 Å². The molecule has 3 N–H and O–H groups in total. The first-order chi connectivity index (χ1) is 19.3. The molecule has 4 heterocycles. The second-order valence-corrected chi connectivity index (χ2v) is 10.3. The molecular formula is C29H35N9O2. The first-order valence-corrected chi connectivity index (χ1v) is 13.4. The average molecular weight is 542 g/mol. The lowest BCUT2D eigenvalue weighted by atomic mass is 9.93. The Kier molecular flexibility index (Phi) is 8.04. The molecule has 0 aliphatic carbocycles. The highest BCUT2D eigenvalue weighted by Gasteiger charge is 2.24. The number of anilines is 3. The van der Waals surface area contributed by atoms with E-state index in [0.29, 0.717) is 23.8 Å². The van der Waals surface area contributed by atoms with E-state index >= 15 is 0 Å². The maximum absolute atomic E-state index is 13.5. The Labute approximate surface area is 234 Å². The molecule has 0 unspecified atom stereocenters. The van der Waals surface area contributed by atoms with Gasteiger partial charge in [-0.05, 0) is 49.4 Å². The fourth-order valence-electron chi connectivity index (χ4n) is 4.74. The smallest absolute Gasteiger partial charge is 0.321 e. The van der Waals surface area contributed by atoms with Gasteiger partial charge in [0.05, 0.1) is 30.4 Å². The second-order valence-electron chi connectivity index (χ2n) is 10.3. The highest BCUT2D eigenvalue weighted by molar-refractivity contribution is 6.49. The number of amides is 3. The number of aromatic nitrogens is 2. The lowest BCUT2D eigenvalue weighted by Gasteiger charge is -2.33. The van der Waals surface area contributed by atoms with E-state index in [-0.39, 0.29) is 18.0 Å². The number of nitrogens with one attached hydrogen (secondary N) is 3. The summed E-state index contributed by atoms with van der Waals surface area (Å²) in [5.74, 6) is 0.608. The number of piperazine rings is 1. The molecule has 11 heteroatoms. The molecule has 5 rings (SSSR count). The van der Waals surface area contributed by atoms with E-state index < -0.39 is 0 Å². The summed E-state index contributed by atoms with van der Waals surface area (Å²) >= 11 is 0. The number of nitrogens with zero attached hydrogens (tertiary/aromatic N) is 6. The summed E-state index contributed by atoms with van der Waals surface area (Å²) in [6.45, 7) is 6.22. The third-order valence-corrected chi connectivity index (χ3v) is 7.19. The van der Waals surface area contributed by atoms with E-state index in [4.69, 9.17) is 0 Å². The maximum atomic E-state index is 13.5. The van der Waals surface area contributed by atoms with Gasteiger partial charge < -0.3 is 25.3 Å². The summed E-state index contributed by atoms with van der Waals surface area (Å²) in [5.41, 5.74) is 4.94. The standard InChI is InChI=1S/C29H35N9O2/c1-19-24-7-5-20(21-13-23(16-30-15-21)35-29(40)36(2)3)14-25(24)27(33-18-32-19)28(39)34-22-6-8-26(31-17-22)38-11-9-37(4)10-12-38/h5-8,13-17,19,32H,9-12,18H2,1-4H3,(H,34,39)(H,35,40)/t19-/m1/s1. The summed E-state index contributed by atoms with van der Waals surface area (Å²) in [6.07, 6.45) is 5.03. The Balaban J connectivity index is 1.38. The molecule has 0 saturated carbocycles. The van der Waals surface area contributed by atoms with Gasteiger partial charge in [-0.3, -0.25) is 20.1 Å². The van der Waals surface area contributed by atoms with Crippen LogP contribution in [-0.4, -0.2) is 91.4 Å². The number of carbonyl (C=O) groups is 2. The minimum Gasteiger partial charge on any atom is -0.354 e. The normalized spacial score (nSPS) is 17.4. The molecule has 1 saturated heterocycles. The second kappa shape index (κ2) is 11.8. The van der Waals surface area contributed by atoms with Crippen molar-refractivity contribution in [2.24, 2.45) is 4.99 Å². The van der Waals surface area contributed by atoms with Crippen molar-refractivity contribution in [2.45, 2.75) is 13.0 Å². The maximum Gasteiger partial charge on any atom is 0.321 e. The van der Waals surface area contributed by atoms with Gasteiger partial charge in [-0.25, -0.2) is 9.78 Å². The summed E-state index contributed by atoms with van der Waals surface area (Å²) in [5, 5.41) is 9.15. The van der Waals surface area contributed by atoms with Crippen molar-refractivity contribution in [3.63, 3.8) is 0 Å². The van der Waals surface area contributed by atoms with E-state index in [1.165, 1.54) is 4.90 Å². The van der Waals surface area contributed by atoms with Crippen LogP contribution in [0.25, 0.3) is 11.1 Å². The van der Waals surface area contributed by atoms with Crippen molar-refractivity contribution in [1.82, 2.24) is 25.1 Å². The number of aliphatic imine (C=N–C) groups is 1. The first-order valence-electron chi connectivity index (χ1n) is 13.4. The number of fused-ring (bicyclic) bond motifs is 1. The van der Waals surface area contributed by atoms with Crippen LogP contribution in [0.5, 0.6) is 0 Å². The van der Waals surface area contributed by atoms with Gasteiger partial charge in [0.25, 0.3) is 5.91 Å². The Morgan fingerprint density at radius 3 is 2.48 bits per heavy atom. The van der Waals surface area contributed by atoms with Crippen LogP contribution >= 0.6 is 0 Å². The quantitative estimate of drug-likeness (QED) is 0.454. The number of hydrogen-bond acceptors (Lipinski definition) is 8. The highest BCUT2D eigenvalue weighted by atomic mass is 16.2. The molecular weight excluding hydrogens is 506 g/mol. The Morgan fingerprint density at radius 2 is 1.75 bits per heavy atom. The van der Waals surface area contributed by atoms with Gasteiger partial charge in [0, 0.05) is 63.6 Å². The van der Waals surface area contributed by atoms with Crippen molar-refractivity contribution in [3.05, 3.63) is 66.1 Å². The van der Waals surface area contributed by atoms with Crippen LogP contribution in [0.15, 0.2) is 60.0 Å². The molecule has 2 aliphatic rings. The van der Waals surface area contributed by atoms with Gasteiger partial charge in [0.2, 0.25) is 0 Å². The molecule has 1 fully saturated rings. The number of hydrogen-bond donors (Lipinski definition) is 3. The topological polar surface area (TPSA) is 118 Å². The first kappa shape index (κ1) is 27.2. The molecule has 208 valence electrons. The molecule has 3 amide bonds. The Morgan fingerprint density at radius 1 is 0.950 bits per heavy atom. The van der Waals surface area contributed by atoms with E-state index in [1.807, 2.05) is 36.4 Å². The molecule has 0 bridgehead atoms.